The topological polar surface area (TPSA) is 0 Å². The van der Waals surface area contributed by atoms with Crippen molar-refractivity contribution in [1.29, 1.82) is 0 Å². The zero-order valence-electron chi connectivity index (χ0n) is 64.5. The Bertz CT molecular complexity index is 3170. The van der Waals surface area contributed by atoms with E-state index in [1.165, 1.54) is 111 Å². The summed E-state index contributed by atoms with van der Waals surface area (Å²) in [4.78, 5) is 0. The molecule has 0 N–H and O–H groups in total. The van der Waals surface area contributed by atoms with Crippen LogP contribution in [-0.2, 0) is 142 Å². The van der Waals surface area contributed by atoms with E-state index in [1.807, 2.05) is 163 Å². The number of allylic oxidation sites excluding steroid dienone is 8. The molecule has 0 heterocycles. The van der Waals surface area contributed by atoms with Crippen molar-refractivity contribution in [2.75, 3.05) is 0 Å². The summed E-state index contributed by atoms with van der Waals surface area (Å²) in [5.41, 5.74) is 30.8. The van der Waals surface area contributed by atoms with Crippen LogP contribution in [0.2, 0.25) is 0 Å². The summed E-state index contributed by atoms with van der Waals surface area (Å²) < 4.78 is 0. The minimum Gasteiger partial charge on any atom is -0.376 e. The monoisotopic (exact) mass is 1560 g/mol. The zero-order chi connectivity index (χ0) is 68.8. The molecule has 500 valence electrons. The predicted octanol–water partition coefficient (Wildman–Crippen LogP) is 26.5. The number of benzene rings is 8. The van der Waals surface area contributed by atoms with E-state index in [4.69, 9.17) is 0 Å². The van der Waals surface area contributed by atoms with Gasteiger partial charge in [0.2, 0.25) is 0 Å². The third-order valence-corrected chi connectivity index (χ3v) is 16.5. The van der Waals surface area contributed by atoms with Gasteiger partial charge in [-0.3, -0.25) is 0 Å². The summed E-state index contributed by atoms with van der Waals surface area (Å²) in [6.45, 7) is 57.4. The van der Waals surface area contributed by atoms with Crippen LogP contribution in [0.25, 0.3) is 22.3 Å². The Balaban J connectivity index is -0.00000121. The molecule has 4 heteroatoms. The van der Waals surface area contributed by atoms with Crippen LogP contribution in [0.4, 0.5) is 0 Å². The van der Waals surface area contributed by atoms with Gasteiger partial charge in [0.05, 0.1) is 5.41 Å². The largest absolute Gasteiger partial charge is 0.376 e. The number of aryl methyl sites for hydroxylation is 8. The molecule has 4 aliphatic rings. The van der Waals surface area contributed by atoms with E-state index in [0.29, 0.717) is 5.41 Å². The van der Waals surface area contributed by atoms with Gasteiger partial charge >= 0.3 is 0 Å². The van der Waals surface area contributed by atoms with E-state index in [2.05, 4.69) is 225 Å². The van der Waals surface area contributed by atoms with Crippen molar-refractivity contribution < 1.29 is 131 Å². The molecule has 95 heavy (non-hydrogen) atoms. The van der Waals surface area contributed by atoms with Crippen LogP contribution in [-0.4, -0.2) is 0 Å². The van der Waals surface area contributed by atoms with Gasteiger partial charge in [-0.1, -0.05) is 239 Å². The molecule has 0 saturated heterocycles. The van der Waals surface area contributed by atoms with Crippen LogP contribution in [0.15, 0.2) is 168 Å². The Hall–Kier alpha value is -2.86. The molecule has 4 aliphatic carbocycles. The number of hydrogen-bond acceptors (Lipinski definition) is 0. The maximum absolute atomic E-state index is 3.54. The molecule has 0 bridgehead atoms. The van der Waals surface area contributed by atoms with Gasteiger partial charge in [0, 0.05) is 131 Å². The van der Waals surface area contributed by atoms with Crippen molar-refractivity contribution in [2.45, 2.75) is 230 Å². The Morgan fingerprint density at radius 1 is 0.274 bits per heavy atom. The van der Waals surface area contributed by atoms with E-state index in [9.17, 15) is 0 Å². The van der Waals surface area contributed by atoms with Crippen LogP contribution >= 0.6 is 0 Å². The van der Waals surface area contributed by atoms with Crippen LogP contribution < -0.4 is 0 Å². The normalized spacial score (nSPS) is 15.3. The number of rotatable bonds is 4. The molecular formula is C91H116Y4-8. The van der Waals surface area contributed by atoms with Gasteiger partial charge in [-0.25, -0.2) is 0 Å². The summed E-state index contributed by atoms with van der Waals surface area (Å²) in [6, 6.07) is 67.5. The van der Waals surface area contributed by atoms with Gasteiger partial charge in [0.1, 0.15) is 0 Å². The van der Waals surface area contributed by atoms with E-state index in [-0.39, 0.29) is 136 Å². The smallest absolute Gasteiger partial charge is 0.0725 e. The Labute approximate surface area is 685 Å². The molecule has 0 aliphatic heterocycles. The third kappa shape index (κ3) is 22.1. The first-order valence-electron chi connectivity index (χ1n) is 34.7. The Morgan fingerprint density at radius 2 is 0.453 bits per heavy atom. The molecule has 0 atom stereocenters. The molecular weight excluding hydrogens is 1450 g/mol. The van der Waals surface area contributed by atoms with E-state index < -0.39 is 5.41 Å². The van der Waals surface area contributed by atoms with Crippen molar-refractivity contribution in [3.63, 3.8) is 0 Å². The van der Waals surface area contributed by atoms with Gasteiger partial charge < -0.3 is 46.6 Å². The van der Waals surface area contributed by atoms with E-state index in [1.54, 1.807) is 0 Å². The first kappa shape index (κ1) is 96.3. The molecule has 4 radical (unpaired) electrons. The van der Waals surface area contributed by atoms with E-state index in [0.717, 1.165) is 47.9 Å². The van der Waals surface area contributed by atoms with Gasteiger partial charge in [0.25, 0.3) is 0 Å². The Morgan fingerprint density at radius 3 is 0.621 bits per heavy atom. The minimum absolute atomic E-state index is 0. The fourth-order valence-electron chi connectivity index (χ4n) is 13.0. The molecule has 0 aromatic heterocycles. The molecule has 8 aromatic rings. The average molecular weight is 1570 g/mol. The molecule has 2 fully saturated rings. The maximum atomic E-state index is 3.54. The zero-order valence-corrected chi connectivity index (χ0v) is 75.8. The fourth-order valence-corrected chi connectivity index (χ4v) is 13.0. The van der Waals surface area contributed by atoms with Crippen LogP contribution in [0.5, 0.6) is 0 Å². The third-order valence-electron chi connectivity index (χ3n) is 16.5. The second-order valence-corrected chi connectivity index (χ2v) is 21.9. The fraction of sp³-hybridized carbons (Fsp3) is 0.385. The van der Waals surface area contributed by atoms with Crippen LogP contribution in [0.1, 0.15) is 253 Å². The first-order valence-corrected chi connectivity index (χ1v) is 34.7. The van der Waals surface area contributed by atoms with Crippen molar-refractivity contribution in [2.24, 2.45) is 5.41 Å². The molecule has 12 rings (SSSR count). The Kier molecular flexibility index (Phi) is 49.5. The average Bonchev–Trinajstić information content (AvgIpc) is 1.52. The van der Waals surface area contributed by atoms with E-state index >= 15 is 0 Å². The minimum atomic E-state index is -0.587. The van der Waals surface area contributed by atoms with Crippen molar-refractivity contribution in [1.82, 2.24) is 0 Å². The molecule has 8 aromatic carbocycles. The van der Waals surface area contributed by atoms with Gasteiger partial charge in [-0.05, 0) is 77.6 Å². The summed E-state index contributed by atoms with van der Waals surface area (Å²) in [7, 11) is 0. The van der Waals surface area contributed by atoms with Crippen molar-refractivity contribution in [3.8, 4) is 22.3 Å². The number of hydrogen-bond donors (Lipinski definition) is 0. The molecule has 2 spiro atoms. The van der Waals surface area contributed by atoms with Crippen molar-refractivity contribution >= 4 is 0 Å². The summed E-state index contributed by atoms with van der Waals surface area (Å²) in [5.74, 6) is 0. The second-order valence-electron chi connectivity index (χ2n) is 21.9. The van der Waals surface area contributed by atoms with Gasteiger partial charge in [-0.15, -0.1) is 75.6 Å². The second kappa shape index (κ2) is 48.8. The first-order chi connectivity index (χ1) is 44.2. The quantitative estimate of drug-likeness (QED) is 0.122. The van der Waals surface area contributed by atoms with Crippen LogP contribution in [0, 0.1) is 109 Å². The molecule has 0 nitrogen and oxygen atoms in total. The molecule has 2 saturated carbocycles. The van der Waals surface area contributed by atoms with Gasteiger partial charge in [0.15, 0.2) is 0 Å². The summed E-state index contributed by atoms with van der Waals surface area (Å²) in [6.07, 6.45) is 18.0. The molecule has 0 amide bonds. The van der Waals surface area contributed by atoms with Gasteiger partial charge in [-0.2, -0.15) is 119 Å². The SMILES string of the molecule is CC.CC.CC.CC.CC.CC.CC.CC.C[C-]=C1CC2(CC1=[C-]C)CC(=[C-]C)C(=[C-]C)C2.Cc1cc[c-]c(C(c2[c-]ccc(C)c2)(c2[c-]ccc(C)c2)c2[c-]ccc(C)c2)c1.Cc1ccc2c(c1)C1(c3cc(C)ccc3-2)c2cc(C)ccc2-c2ccc(C)cc21.[Y].[Y].[Y].[Y]. The van der Waals surface area contributed by atoms with Crippen molar-refractivity contribution in [3.05, 3.63) is 305 Å². The number of fused-ring (bicyclic) bond motifs is 10. The maximum Gasteiger partial charge on any atom is 0.0725 e. The predicted molar refractivity (Wildman–Crippen MR) is 402 cm³/mol. The molecule has 0 unspecified atom stereocenters. The summed E-state index contributed by atoms with van der Waals surface area (Å²) in [5, 5.41) is 0. The van der Waals surface area contributed by atoms with Crippen LogP contribution in [0.3, 0.4) is 0 Å². The standard InChI is InChI=1S/2C29H24.C17H20.8C2H6.4Y/c1-17-5-9-21-22-10-6-18(2)14-26(22)29(25(21)13-17)27-15-19(3)7-11-23(27)24-12-8-20(4)16-28(24)29;1-21-9-5-13-25(17-21)29(26-14-6-10-22(2)18-26,27-15-7-11-23(3)19-27)28-16-8-12-24(4)20-28;1-5-13-9-17(10-14(13)6-2)11-15(7-3)16(8-4)12-17;8*1-2;;;;/h5-16H,1-4H3;5-12,17-20H,1-4H3;9-12H2,1-4H3;8*1-2H3;;;;/q;2*-4;;;;;;;;;;;;. The summed E-state index contributed by atoms with van der Waals surface area (Å²) >= 11 is 0.